The first-order valence-electron chi connectivity index (χ1n) is 10.2. The summed E-state index contributed by atoms with van der Waals surface area (Å²) in [6.07, 6.45) is 14.7. The van der Waals surface area contributed by atoms with E-state index in [2.05, 4.69) is 13.8 Å². The second-order valence-corrected chi connectivity index (χ2v) is 7.28. The van der Waals surface area contributed by atoms with Gasteiger partial charge in [-0.1, -0.05) is 78.1 Å². The zero-order valence-corrected chi connectivity index (χ0v) is 16.2. The molecule has 140 valence electrons. The summed E-state index contributed by atoms with van der Waals surface area (Å²) in [7, 11) is 1.81. The molecule has 0 unspecified atom stereocenters. The minimum atomic E-state index is -0.0848. The topological polar surface area (TPSA) is 40.6 Å². The highest BCUT2D eigenvalue weighted by molar-refractivity contribution is 5.97. The number of hydrogen-bond donors (Lipinski definition) is 0. The quantitative estimate of drug-likeness (QED) is 0.424. The largest absolute Gasteiger partial charge is 0.327 e. The van der Waals surface area contributed by atoms with Crippen molar-refractivity contribution in [2.24, 2.45) is 0 Å². The molecule has 0 radical (unpaired) electrons. The molecule has 4 nitrogen and oxygen atoms in total. The zero-order chi connectivity index (χ0) is 17.8. The maximum Gasteiger partial charge on any atom is 0.326 e. The van der Waals surface area contributed by atoms with Gasteiger partial charge in [-0.3, -0.25) is 9.69 Å². The number of imide groups is 1. The highest BCUT2D eigenvalue weighted by Gasteiger charge is 2.34. The Morgan fingerprint density at radius 3 is 1.83 bits per heavy atom. The summed E-state index contributed by atoms with van der Waals surface area (Å²) in [5.74, 6) is 0.0326. The summed E-state index contributed by atoms with van der Waals surface area (Å²) >= 11 is 0. The summed E-state index contributed by atoms with van der Waals surface area (Å²) in [6, 6.07) is 0.0226. The van der Waals surface area contributed by atoms with Gasteiger partial charge in [-0.25, -0.2) is 4.79 Å². The molecule has 1 aliphatic rings. The number of urea groups is 1. The molecule has 1 rings (SSSR count). The number of rotatable bonds is 13. The average Bonchev–Trinajstić information content (AvgIpc) is 2.57. The predicted octanol–water partition coefficient (Wildman–Crippen LogP) is 5.36. The predicted molar refractivity (Wildman–Crippen MR) is 100 cm³/mol. The first-order valence-corrected chi connectivity index (χ1v) is 10.2. The Morgan fingerprint density at radius 1 is 0.833 bits per heavy atom. The lowest BCUT2D eigenvalue weighted by Gasteiger charge is -2.37. The Kier molecular flexibility index (Phi) is 10.8. The van der Waals surface area contributed by atoms with Gasteiger partial charge in [0.25, 0.3) is 0 Å². The van der Waals surface area contributed by atoms with E-state index in [4.69, 9.17) is 0 Å². The molecule has 0 aromatic rings. The molecule has 4 heteroatoms. The van der Waals surface area contributed by atoms with E-state index in [1.807, 2.05) is 0 Å². The van der Waals surface area contributed by atoms with Crippen LogP contribution in [0.4, 0.5) is 4.79 Å². The smallest absolute Gasteiger partial charge is 0.326 e. The molecule has 3 amide bonds. The molecule has 1 aliphatic heterocycles. The van der Waals surface area contributed by atoms with Gasteiger partial charge >= 0.3 is 6.03 Å². The van der Waals surface area contributed by atoms with Crippen LogP contribution in [0.2, 0.25) is 0 Å². The second-order valence-electron chi connectivity index (χ2n) is 7.28. The fraction of sp³-hybridized carbons (Fsp3) is 0.900. The lowest BCUT2D eigenvalue weighted by atomic mass is 9.98. The number of amides is 3. The first-order chi connectivity index (χ1) is 11.6. The molecule has 0 spiro atoms. The van der Waals surface area contributed by atoms with Crippen LogP contribution in [0.15, 0.2) is 0 Å². The molecule has 0 aromatic carbocycles. The van der Waals surface area contributed by atoms with E-state index in [0.717, 1.165) is 25.7 Å². The molecule has 0 atom stereocenters. The Bertz CT molecular complexity index is 357. The number of carbonyl (C=O) groups is 2. The molecule has 1 heterocycles. The van der Waals surface area contributed by atoms with E-state index in [9.17, 15) is 9.59 Å². The Morgan fingerprint density at radius 2 is 1.33 bits per heavy atom. The molecule has 0 bridgehead atoms. The molecule has 0 N–H and O–H groups in total. The standard InChI is InChI=1S/C20H38N2O2/c1-4-6-8-10-12-14-18(15-13-11-9-7-5-2)22-19(23)16-17-21(3)20(22)24/h18H,4-17H2,1-3H3. The highest BCUT2D eigenvalue weighted by Crippen LogP contribution is 2.22. The fourth-order valence-electron chi connectivity index (χ4n) is 3.50. The number of nitrogens with zero attached hydrogens (tertiary/aromatic N) is 2. The Balaban J connectivity index is 2.54. The zero-order valence-electron chi connectivity index (χ0n) is 16.2. The average molecular weight is 339 g/mol. The van der Waals surface area contributed by atoms with Gasteiger partial charge in [0.2, 0.25) is 5.91 Å². The van der Waals surface area contributed by atoms with Gasteiger partial charge in [-0.15, -0.1) is 0 Å². The number of unbranched alkanes of at least 4 members (excludes halogenated alkanes) is 8. The van der Waals surface area contributed by atoms with Gasteiger partial charge in [-0.05, 0) is 12.8 Å². The first kappa shape index (κ1) is 21.0. The minimum absolute atomic E-state index is 0.0326. The van der Waals surface area contributed by atoms with Crippen LogP contribution in [0.3, 0.4) is 0 Å². The van der Waals surface area contributed by atoms with Crippen molar-refractivity contribution in [1.82, 2.24) is 9.80 Å². The van der Waals surface area contributed by atoms with Crippen molar-refractivity contribution in [3.63, 3.8) is 0 Å². The van der Waals surface area contributed by atoms with Gasteiger partial charge in [0.1, 0.15) is 0 Å². The van der Waals surface area contributed by atoms with E-state index in [1.165, 1.54) is 51.4 Å². The molecule has 0 aromatic heterocycles. The van der Waals surface area contributed by atoms with Gasteiger partial charge in [0.05, 0.1) is 0 Å². The van der Waals surface area contributed by atoms with Crippen molar-refractivity contribution in [1.29, 1.82) is 0 Å². The van der Waals surface area contributed by atoms with Crippen molar-refractivity contribution >= 4 is 11.9 Å². The Hall–Kier alpha value is -1.06. The van der Waals surface area contributed by atoms with Crippen LogP contribution in [0.5, 0.6) is 0 Å². The van der Waals surface area contributed by atoms with Gasteiger partial charge in [0.15, 0.2) is 0 Å². The fourth-order valence-corrected chi connectivity index (χ4v) is 3.50. The maximum atomic E-state index is 12.5. The third-order valence-electron chi connectivity index (χ3n) is 5.11. The van der Waals surface area contributed by atoms with E-state index in [1.54, 1.807) is 16.8 Å². The van der Waals surface area contributed by atoms with E-state index >= 15 is 0 Å². The van der Waals surface area contributed by atoms with Crippen LogP contribution < -0.4 is 0 Å². The van der Waals surface area contributed by atoms with Crippen LogP contribution in [0.25, 0.3) is 0 Å². The summed E-state index contributed by atoms with van der Waals surface area (Å²) in [6.45, 7) is 5.01. The van der Waals surface area contributed by atoms with Crippen LogP contribution in [0.1, 0.15) is 97.3 Å². The van der Waals surface area contributed by atoms with Crippen LogP contribution in [-0.2, 0) is 4.79 Å². The van der Waals surface area contributed by atoms with Crippen molar-refractivity contribution < 1.29 is 9.59 Å². The molecule has 0 saturated carbocycles. The normalized spacial score (nSPS) is 15.7. The SMILES string of the molecule is CCCCCCCC(CCCCCCC)N1C(=O)CCN(C)C1=O. The lowest BCUT2D eigenvalue weighted by molar-refractivity contribution is -0.133. The van der Waals surface area contributed by atoms with Crippen molar-refractivity contribution in [2.75, 3.05) is 13.6 Å². The van der Waals surface area contributed by atoms with Crippen molar-refractivity contribution in [3.8, 4) is 0 Å². The monoisotopic (exact) mass is 338 g/mol. The highest BCUT2D eigenvalue weighted by atomic mass is 16.2. The number of carbonyl (C=O) groups excluding carboxylic acids is 2. The molecule has 1 fully saturated rings. The molecule has 24 heavy (non-hydrogen) atoms. The van der Waals surface area contributed by atoms with Crippen molar-refractivity contribution in [2.45, 2.75) is 103 Å². The van der Waals surface area contributed by atoms with E-state index < -0.39 is 0 Å². The van der Waals surface area contributed by atoms with Gasteiger partial charge < -0.3 is 4.90 Å². The molecular formula is C20H38N2O2. The Labute approximate surface area is 149 Å². The molecular weight excluding hydrogens is 300 g/mol. The van der Waals surface area contributed by atoms with Crippen LogP contribution >= 0.6 is 0 Å². The molecule has 1 saturated heterocycles. The van der Waals surface area contributed by atoms with Crippen LogP contribution in [-0.4, -0.2) is 41.4 Å². The summed E-state index contributed by atoms with van der Waals surface area (Å²) in [4.78, 5) is 28.1. The van der Waals surface area contributed by atoms with Crippen LogP contribution in [0, 0.1) is 0 Å². The van der Waals surface area contributed by atoms with Gasteiger partial charge in [-0.2, -0.15) is 0 Å². The van der Waals surface area contributed by atoms with E-state index in [0.29, 0.717) is 13.0 Å². The van der Waals surface area contributed by atoms with E-state index in [-0.39, 0.29) is 18.0 Å². The summed E-state index contributed by atoms with van der Waals surface area (Å²) < 4.78 is 0. The minimum Gasteiger partial charge on any atom is -0.327 e. The maximum absolute atomic E-state index is 12.5. The van der Waals surface area contributed by atoms with Crippen molar-refractivity contribution in [3.05, 3.63) is 0 Å². The number of hydrogen-bond acceptors (Lipinski definition) is 2. The summed E-state index contributed by atoms with van der Waals surface area (Å²) in [5, 5.41) is 0. The third-order valence-corrected chi connectivity index (χ3v) is 5.11. The van der Waals surface area contributed by atoms with Gasteiger partial charge in [0, 0.05) is 26.1 Å². The summed E-state index contributed by atoms with van der Waals surface area (Å²) in [5.41, 5.74) is 0. The third kappa shape index (κ3) is 7.23. The second kappa shape index (κ2) is 12.3. The molecule has 0 aliphatic carbocycles. The lowest BCUT2D eigenvalue weighted by Crippen LogP contribution is -2.54.